The second-order valence-electron chi connectivity index (χ2n) is 5.45. The normalized spacial score (nSPS) is 18.4. The molecular weight excluding hydrogens is 247 g/mol. The second-order valence-corrected chi connectivity index (χ2v) is 5.45. The van der Waals surface area contributed by atoms with E-state index in [9.17, 15) is 9.18 Å². The summed E-state index contributed by atoms with van der Waals surface area (Å²) in [5, 5.41) is 8.92. The van der Waals surface area contributed by atoms with Gasteiger partial charge in [0.05, 0.1) is 0 Å². The Morgan fingerprint density at radius 2 is 2.16 bits per heavy atom. The van der Waals surface area contributed by atoms with Crippen molar-refractivity contribution in [3.05, 3.63) is 23.6 Å². The molecule has 0 saturated carbocycles. The Balaban J connectivity index is 2.21. The van der Waals surface area contributed by atoms with Crippen molar-refractivity contribution < 1.29 is 14.3 Å². The minimum atomic E-state index is -1.25. The fourth-order valence-electron chi connectivity index (χ4n) is 2.43. The maximum Gasteiger partial charge on any atom is 0.338 e. The van der Waals surface area contributed by atoms with Gasteiger partial charge >= 0.3 is 5.97 Å². The number of halogens is 1. The van der Waals surface area contributed by atoms with E-state index in [4.69, 9.17) is 5.11 Å². The Morgan fingerprint density at radius 1 is 1.53 bits per heavy atom. The predicted molar refractivity (Wildman–Crippen MR) is 71.0 cm³/mol. The van der Waals surface area contributed by atoms with Gasteiger partial charge in [-0.1, -0.05) is 20.3 Å². The maximum absolute atomic E-state index is 14.1. The van der Waals surface area contributed by atoms with E-state index >= 15 is 0 Å². The third-order valence-electron chi connectivity index (χ3n) is 4.22. The van der Waals surface area contributed by atoms with Crippen LogP contribution in [0.25, 0.3) is 0 Å². The third-order valence-corrected chi connectivity index (χ3v) is 4.22. The zero-order chi connectivity index (χ0) is 14.0. The molecule has 1 N–H and O–H groups in total. The summed E-state index contributed by atoms with van der Waals surface area (Å²) in [4.78, 5) is 16.8. The number of hydrogen-bond acceptors (Lipinski definition) is 3. The lowest BCUT2D eigenvalue weighted by molar-refractivity contribution is 0.0691. The van der Waals surface area contributed by atoms with Crippen molar-refractivity contribution in [2.24, 2.45) is 5.41 Å². The lowest BCUT2D eigenvalue weighted by Crippen LogP contribution is -2.39. The molecular formula is C14H19FN2O2. The standard InChI is InChI=1S/C14H19FN2O2/c1-3-14(2)5-8-17(9-6-14)12-11(15)10(13(18)19)4-7-16-12/h4,7H,3,5-6,8-9H2,1-2H3,(H,18,19). The average Bonchev–Trinajstić information content (AvgIpc) is 2.40. The summed E-state index contributed by atoms with van der Waals surface area (Å²) >= 11 is 0. The number of carboxylic acid groups (broad SMARTS) is 1. The van der Waals surface area contributed by atoms with E-state index < -0.39 is 11.8 Å². The Labute approximate surface area is 112 Å². The minimum absolute atomic E-state index is 0.165. The number of rotatable bonds is 3. The van der Waals surface area contributed by atoms with Crippen LogP contribution in [-0.2, 0) is 0 Å². The van der Waals surface area contributed by atoms with Gasteiger partial charge in [-0.2, -0.15) is 0 Å². The number of aromatic carboxylic acids is 1. The molecule has 1 aliphatic rings. The Bertz CT molecular complexity index is 482. The molecule has 0 spiro atoms. The first kappa shape index (κ1) is 13.8. The lowest BCUT2D eigenvalue weighted by atomic mass is 9.78. The van der Waals surface area contributed by atoms with Gasteiger partial charge in [-0.15, -0.1) is 0 Å². The molecule has 1 saturated heterocycles. The van der Waals surface area contributed by atoms with Gasteiger partial charge in [-0.05, 0) is 24.3 Å². The van der Waals surface area contributed by atoms with E-state index in [1.54, 1.807) is 0 Å². The SMILES string of the molecule is CCC1(C)CCN(c2nccc(C(=O)O)c2F)CC1. The lowest BCUT2D eigenvalue weighted by Gasteiger charge is -2.39. The number of carbonyl (C=O) groups is 1. The Hall–Kier alpha value is -1.65. The van der Waals surface area contributed by atoms with E-state index in [0.29, 0.717) is 5.41 Å². The highest BCUT2D eigenvalue weighted by molar-refractivity contribution is 5.88. The number of aromatic nitrogens is 1. The van der Waals surface area contributed by atoms with Crippen molar-refractivity contribution in [3.8, 4) is 0 Å². The van der Waals surface area contributed by atoms with Crippen LogP contribution in [0.5, 0.6) is 0 Å². The Morgan fingerprint density at radius 3 is 2.68 bits per heavy atom. The van der Waals surface area contributed by atoms with Gasteiger partial charge in [0, 0.05) is 19.3 Å². The first-order chi connectivity index (χ1) is 8.97. The van der Waals surface area contributed by atoms with Crippen molar-refractivity contribution in [1.82, 2.24) is 4.98 Å². The fourth-order valence-corrected chi connectivity index (χ4v) is 2.43. The second kappa shape index (κ2) is 5.15. The van der Waals surface area contributed by atoms with Gasteiger partial charge < -0.3 is 10.0 Å². The molecule has 1 aromatic heterocycles. The molecule has 2 rings (SSSR count). The molecule has 1 fully saturated rings. The van der Waals surface area contributed by atoms with E-state index in [1.165, 1.54) is 12.3 Å². The molecule has 0 amide bonds. The highest BCUT2D eigenvalue weighted by atomic mass is 19.1. The molecule has 0 radical (unpaired) electrons. The predicted octanol–water partition coefficient (Wildman–Crippen LogP) is 2.94. The van der Waals surface area contributed by atoms with E-state index in [0.717, 1.165) is 32.4 Å². The van der Waals surface area contributed by atoms with Gasteiger partial charge in [0.1, 0.15) is 5.56 Å². The minimum Gasteiger partial charge on any atom is -0.478 e. The molecule has 19 heavy (non-hydrogen) atoms. The summed E-state index contributed by atoms with van der Waals surface area (Å²) in [6.07, 6.45) is 4.41. The van der Waals surface area contributed by atoms with Gasteiger partial charge in [-0.3, -0.25) is 0 Å². The van der Waals surface area contributed by atoms with E-state index in [2.05, 4.69) is 18.8 Å². The zero-order valence-corrected chi connectivity index (χ0v) is 11.3. The number of carboxylic acids is 1. The molecule has 0 unspecified atom stereocenters. The molecule has 0 aliphatic carbocycles. The number of anilines is 1. The van der Waals surface area contributed by atoms with Crippen LogP contribution in [0.3, 0.4) is 0 Å². The van der Waals surface area contributed by atoms with Crippen LogP contribution in [0, 0.1) is 11.2 Å². The number of nitrogens with zero attached hydrogens (tertiary/aromatic N) is 2. The van der Waals surface area contributed by atoms with Crippen LogP contribution in [0.4, 0.5) is 10.2 Å². The first-order valence-corrected chi connectivity index (χ1v) is 6.59. The summed E-state index contributed by atoms with van der Waals surface area (Å²) < 4.78 is 14.1. The van der Waals surface area contributed by atoms with E-state index in [-0.39, 0.29) is 11.4 Å². The van der Waals surface area contributed by atoms with Crippen LogP contribution in [-0.4, -0.2) is 29.1 Å². The van der Waals surface area contributed by atoms with Gasteiger partial charge in [0.2, 0.25) is 0 Å². The van der Waals surface area contributed by atoms with Crippen LogP contribution in [0.2, 0.25) is 0 Å². The smallest absolute Gasteiger partial charge is 0.338 e. The van der Waals surface area contributed by atoms with Crippen LogP contribution in [0.1, 0.15) is 43.5 Å². The van der Waals surface area contributed by atoms with Crippen molar-refractivity contribution in [1.29, 1.82) is 0 Å². The van der Waals surface area contributed by atoms with E-state index in [1.807, 2.05) is 4.90 Å². The molecule has 0 atom stereocenters. The van der Waals surface area contributed by atoms with Crippen LogP contribution in [0.15, 0.2) is 12.3 Å². The first-order valence-electron chi connectivity index (χ1n) is 6.59. The van der Waals surface area contributed by atoms with Gasteiger partial charge in [-0.25, -0.2) is 14.2 Å². The van der Waals surface area contributed by atoms with Crippen molar-refractivity contribution in [2.75, 3.05) is 18.0 Å². The van der Waals surface area contributed by atoms with Crippen LogP contribution >= 0.6 is 0 Å². The summed E-state index contributed by atoms with van der Waals surface area (Å²) in [6, 6.07) is 1.20. The number of piperidine rings is 1. The largest absolute Gasteiger partial charge is 0.478 e. The molecule has 5 heteroatoms. The van der Waals surface area contributed by atoms with Gasteiger partial charge in [0.25, 0.3) is 0 Å². The zero-order valence-electron chi connectivity index (χ0n) is 11.3. The number of pyridine rings is 1. The molecule has 0 bridgehead atoms. The number of hydrogen-bond donors (Lipinski definition) is 1. The molecule has 0 aromatic carbocycles. The summed E-state index contributed by atoms with van der Waals surface area (Å²) in [6.45, 7) is 5.84. The van der Waals surface area contributed by atoms with Crippen molar-refractivity contribution in [3.63, 3.8) is 0 Å². The molecule has 4 nitrogen and oxygen atoms in total. The summed E-state index contributed by atoms with van der Waals surface area (Å²) in [5.74, 6) is -1.82. The summed E-state index contributed by atoms with van der Waals surface area (Å²) in [7, 11) is 0. The highest BCUT2D eigenvalue weighted by Gasteiger charge is 2.30. The maximum atomic E-state index is 14.1. The topological polar surface area (TPSA) is 53.4 Å². The molecule has 2 heterocycles. The third kappa shape index (κ3) is 2.69. The molecule has 104 valence electrons. The van der Waals surface area contributed by atoms with Crippen molar-refractivity contribution >= 4 is 11.8 Å². The summed E-state index contributed by atoms with van der Waals surface area (Å²) in [5.41, 5.74) is -0.00831. The Kier molecular flexibility index (Phi) is 3.73. The fraction of sp³-hybridized carbons (Fsp3) is 0.571. The highest BCUT2D eigenvalue weighted by Crippen LogP contribution is 2.35. The quantitative estimate of drug-likeness (QED) is 0.914. The monoisotopic (exact) mass is 266 g/mol. The van der Waals surface area contributed by atoms with Gasteiger partial charge in [0.15, 0.2) is 11.6 Å². The van der Waals surface area contributed by atoms with Crippen LogP contribution < -0.4 is 4.90 Å². The average molecular weight is 266 g/mol. The molecule has 1 aromatic rings. The van der Waals surface area contributed by atoms with Crippen molar-refractivity contribution in [2.45, 2.75) is 33.1 Å². The molecule has 1 aliphatic heterocycles.